The summed E-state index contributed by atoms with van der Waals surface area (Å²) in [6, 6.07) is 0. The first kappa shape index (κ1) is 13.2. The Morgan fingerprint density at radius 1 is 1.42 bits per heavy atom. The second kappa shape index (κ2) is 7.74. The van der Waals surface area contributed by atoms with Gasteiger partial charge < -0.3 is 17.2 Å². The number of hydrogen-bond acceptors (Lipinski definition) is 3. The highest BCUT2D eigenvalue weighted by Gasteiger charge is 1.92. The molecule has 0 aliphatic rings. The van der Waals surface area contributed by atoms with Crippen molar-refractivity contribution in [3.05, 3.63) is 12.2 Å². The van der Waals surface area contributed by atoms with Gasteiger partial charge in [-0.1, -0.05) is 6.92 Å². The van der Waals surface area contributed by atoms with Crippen molar-refractivity contribution in [2.24, 2.45) is 5.73 Å². The van der Waals surface area contributed by atoms with E-state index in [0.717, 1.165) is 18.6 Å². The van der Waals surface area contributed by atoms with Crippen molar-refractivity contribution in [1.29, 1.82) is 0 Å². The van der Waals surface area contributed by atoms with Gasteiger partial charge in [-0.2, -0.15) is 0 Å². The van der Waals surface area contributed by atoms with Crippen LogP contribution in [0.2, 0.25) is 0 Å². The van der Waals surface area contributed by atoms with Gasteiger partial charge in [0.25, 0.3) is 0 Å². The van der Waals surface area contributed by atoms with Crippen LogP contribution in [0.4, 0.5) is 0 Å². The number of nitrogens with one attached hydrogen (secondary N) is 1. The molecule has 0 unspecified atom stereocenters. The fourth-order valence-electron chi connectivity index (χ4n) is 0.465. The second-order valence-electron chi connectivity index (χ2n) is 2.03. The predicted molar refractivity (Wildman–Crippen MR) is 46.7 cm³/mol. The van der Waals surface area contributed by atoms with Crippen LogP contribution >= 0.6 is 0 Å². The monoisotopic (exact) mass is 173 g/mol. The summed E-state index contributed by atoms with van der Waals surface area (Å²) in [5, 5.41) is 2.55. The van der Waals surface area contributed by atoms with Crippen LogP contribution in [0, 0.1) is 0 Å². The molecule has 2 amide bonds. The number of amides is 2. The number of carbonyl (C=O) groups excluding carboxylic acids is 2. The van der Waals surface area contributed by atoms with Gasteiger partial charge in [-0.25, -0.2) is 0 Å². The largest absolute Gasteiger partial charge is 0.366 e. The average Bonchev–Trinajstić information content (AvgIpc) is 1.97. The zero-order valence-electron chi connectivity index (χ0n) is 7.17. The molecule has 5 heteroatoms. The summed E-state index contributed by atoms with van der Waals surface area (Å²) in [5.74, 6) is -0.901. The molecule has 0 saturated carbocycles. The Balaban J connectivity index is 0. The molecule has 0 bridgehead atoms. The van der Waals surface area contributed by atoms with E-state index < -0.39 is 5.91 Å². The van der Waals surface area contributed by atoms with Crippen molar-refractivity contribution in [3.63, 3.8) is 0 Å². The number of primary amides is 1. The molecule has 0 aromatic heterocycles. The van der Waals surface area contributed by atoms with Gasteiger partial charge in [0.1, 0.15) is 0 Å². The van der Waals surface area contributed by atoms with Gasteiger partial charge in [0, 0.05) is 18.7 Å². The Morgan fingerprint density at radius 2 is 2.00 bits per heavy atom. The average molecular weight is 173 g/mol. The van der Waals surface area contributed by atoms with Crippen LogP contribution in [-0.4, -0.2) is 18.4 Å². The van der Waals surface area contributed by atoms with Crippen LogP contribution in [0.15, 0.2) is 12.2 Å². The van der Waals surface area contributed by atoms with E-state index in [1.54, 1.807) is 0 Å². The third-order valence-electron chi connectivity index (χ3n) is 0.948. The first-order chi connectivity index (χ1) is 5.16. The molecule has 70 valence electrons. The lowest BCUT2D eigenvalue weighted by molar-refractivity contribution is -0.117. The van der Waals surface area contributed by atoms with Crippen LogP contribution < -0.4 is 17.2 Å². The normalized spacial score (nSPS) is 9.08. The molecule has 0 atom stereocenters. The van der Waals surface area contributed by atoms with Crippen molar-refractivity contribution < 1.29 is 9.59 Å². The van der Waals surface area contributed by atoms with E-state index in [4.69, 9.17) is 5.73 Å². The molecular formula is C7H15N3O2. The molecule has 0 saturated heterocycles. The van der Waals surface area contributed by atoms with Gasteiger partial charge >= 0.3 is 0 Å². The lowest BCUT2D eigenvalue weighted by Gasteiger charge is -1.95. The fraction of sp³-hybridized carbons (Fsp3) is 0.429. The van der Waals surface area contributed by atoms with Crippen LogP contribution in [-0.2, 0) is 9.59 Å². The number of nitrogens with two attached hydrogens (primary N) is 1. The van der Waals surface area contributed by atoms with E-state index in [1.807, 2.05) is 6.92 Å². The molecule has 0 aromatic carbocycles. The van der Waals surface area contributed by atoms with Gasteiger partial charge in [-0.15, -0.1) is 0 Å². The first-order valence-electron chi connectivity index (χ1n) is 3.42. The van der Waals surface area contributed by atoms with Gasteiger partial charge in [0.2, 0.25) is 11.8 Å². The molecule has 6 N–H and O–H groups in total. The quantitative estimate of drug-likeness (QED) is 0.508. The Morgan fingerprint density at radius 3 is 2.42 bits per heavy atom. The van der Waals surface area contributed by atoms with Crippen LogP contribution in [0.3, 0.4) is 0 Å². The second-order valence-corrected chi connectivity index (χ2v) is 2.03. The highest BCUT2D eigenvalue weighted by molar-refractivity contribution is 5.95. The molecule has 0 radical (unpaired) electrons. The van der Waals surface area contributed by atoms with Crippen molar-refractivity contribution in [2.75, 3.05) is 6.54 Å². The van der Waals surface area contributed by atoms with E-state index in [1.165, 1.54) is 0 Å². The summed E-state index contributed by atoms with van der Waals surface area (Å²) in [6.07, 6.45) is 3.03. The molecule has 0 fully saturated rings. The zero-order chi connectivity index (χ0) is 8.69. The summed E-state index contributed by atoms with van der Waals surface area (Å²) in [6.45, 7) is 2.56. The predicted octanol–water partition coefficient (Wildman–Crippen LogP) is -0.284. The minimum atomic E-state index is -0.614. The Kier molecular flexibility index (Phi) is 8.55. The SMILES string of the molecule is CCCNC(=O)C=CC(N)=O.N. The molecule has 0 heterocycles. The molecule has 0 rings (SSSR count). The highest BCUT2D eigenvalue weighted by atomic mass is 16.2. The van der Waals surface area contributed by atoms with Crippen LogP contribution in [0.1, 0.15) is 13.3 Å². The summed E-state index contributed by atoms with van der Waals surface area (Å²) in [7, 11) is 0. The van der Waals surface area contributed by atoms with Crippen LogP contribution in [0.25, 0.3) is 0 Å². The van der Waals surface area contributed by atoms with Gasteiger partial charge in [-0.3, -0.25) is 9.59 Å². The Hall–Kier alpha value is -1.36. The van der Waals surface area contributed by atoms with E-state index >= 15 is 0 Å². The van der Waals surface area contributed by atoms with Crippen molar-refractivity contribution in [3.8, 4) is 0 Å². The summed E-state index contributed by atoms with van der Waals surface area (Å²) in [4.78, 5) is 20.8. The molecule has 0 spiro atoms. The van der Waals surface area contributed by atoms with Gasteiger partial charge in [0.05, 0.1) is 0 Å². The number of rotatable bonds is 4. The molecule has 0 aromatic rings. The molecule has 0 aliphatic carbocycles. The third-order valence-corrected chi connectivity index (χ3v) is 0.948. The van der Waals surface area contributed by atoms with E-state index in [-0.39, 0.29) is 12.1 Å². The maximum Gasteiger partial charge on any atom is 0.244 e. The van der Waals surface area contributed by atoms with Gasteiger partial charge in [-0.05, 0) is 6.42 Å². The summed E-state index contributed by atoms with van der Waals surface area (Å²) in [5.41, 5.74) is 4.76. The minimum absolute atomic E-state index is 0. The van der Waals surface area contributed by atoms with Gasteiger partial charge in [0.15, 0.2) is 0 Å². The number of carbonyl (C=O) groups is 2. The topological polar surface area (TPSA) is 107 Å². The van der Waals surface area contributed by atoms with Crippen LogP contribution in [0.5, 0.6) is 0 Å². The zero-order valence-corrected chi connectivity index (χ0v) is 7.17. The van der Waals surface area contributed by atoms with E-state index in [9.17, 15) is 9.59 Å². The smallest absolute Gasteiger partial charge is 0.244 e. The van der Waals surface area contributed by atoms with E-state index in [0.29, 0.717) is 6.54 Å². The standard InChI is InChI=1S/C7H12N2O2.H3N/c1-2-5-9-7(11)4-3-6(8)10;/h3-4H,2,5H2,1H3,(H2,8,10)(H,9,11);1H3. The third kappa shape index (κ3) is 8.64. The molecule has 5 nitrogen and oxygen atoms in total. The van der Waals surface area contributed by atoms with Crippen molar-refractivity contribution in [2.45, 2.75) is 13.3 Å². The fourth-order valence-corrected chi connectivity index (χ4v) is 0.465. The van der Waals surface area contributed by atoms with Crippen molar-refractivity contribution >= 4 is 11.8 Å². The molecule has 12 heavy (non-hydrogen) atoms. The number of hydrogen-bond donors (Lipinski definition) is 3. The first-order valence-corrected chi connectivity index (χ1v) is 3.42. The Labute approximate surface area is 71.6 Å². The van der Waals surface area contributed by atoms with E-state index in [2.05, 4.69) is 5.32 Å². The van der Waals surface area contributed by atoms with Crippen molar-refractivity contribution in [1.82, 2.24) is 11.5 Å². The Bertz CT molecular complexity index is 177. The minimum Gasteiger partial charge on any atom is -0.366 e. The summed E-state index contributed by atoms with van der Waals surface area (Å²) >= 11 is 0. The molecular weight excluding hydrogens is 158 g/mol. The summed E-state index contributed by atoms with van der Waals surface area (Å²) < 4.78 is 0. The maximum atomic E-state index is 10.7. The molecule has 0 aliphatic heterocycles. The highest BCUT2D eigenvalue weighted by Crippen LogP contribution is 1.74. The lowest BCUT2D eigenvalue weighted by atomic mass is 10.4. The maximum absolute atomic E-state index is 10.7. The lowest BCUT2D eigenvalue weighted by Crippen LogP contribution is -2.22.